The fraction of sp³-hybridized carbons (Fsp3) is 0.667. The molecule has 1 aliphatic rings. The maximum Gasteiger partial charge on any atom is 0.126 e. The molecule has 2 rings (SSSR count). The summed E-state index contributed by atoms with van der Waals surface area (Å²) in [4.78, 5) is 0. The molecule has 1 fully saturated rings. The van der Waals surface area contributed by atoms with Crippen LogP contribution in [0.5, 0.6) is 5.75 Å². The lowest BCUT2D eigenvalue weighted by Gasteiger charge is -2.21. The van der Waals surface area contributed by atoms with E-state index in [0.717, 1.165) is 38.1 Å². The Kier molecular flexibility index (Phi) is 5.65. The fourth-order valence-electron chi connectivity index (χ4n) is 2.83. The van der Waals surface area contributed by atoms with Crippen LogP contribution in [0, 0.1) is 6.92 Å². The molecule has 3 heteroatoms. The van der Waals surface area contributed by atoms with Gasteiger partial charge in [0.15, 0.2) is 0 Å². The summed E-state index contributed by atoms with van der Waals surface area (Å²) < 4.78 is 12.1. The highest BCUT2D eigenvalue weighted by molar-refractivity contribution is 5.40. The molecule has 1 atom stereocenters. The van der Waals surface area contributed by atoms with E-state index in [-0.39, 0.29) is 11.7 Å². The number of hydrogen-bond donors (Lipinski definition) is 1. The number of nitrogens with one attached hydrogen (secondary N) is 1. The summed E-state index contributed by atoms with van der Waals surface area (Å²) in [5.74, 6) is 1.02. The number of hydrogen-bond acceptors (Lipinski definition) is 3. The first kappa shape index (κ1) is 16.3. The number of benzene rings is 1. The predicted molar refractivity (Wildman–Crippen MR) is 86.9 cm³/mol. The fourth-order valence-corrected chi connectivity index (χ4v) is 2.83. The SMILES string of the molecule is CCCNCc1cccc(C)c1OCC1CCC(C)(C)O1. The van der Waals surface area contributed by atoms with Crippen molar-refractivity contribution in [3.63, 3.8) is 0 Å². The molecule has 0 bridgehead atoms. The molecule has 0 saturated carbocycles. The molecule has 1 heterocycles. The second-order valence-corrected chi connectivity index (χ2v) is 6.59. The van der Waals surface area contributed by atoms with Crippen molar-refractivity contribution in [2.75, 3.05) is 13.2 Å². The molecule has 0 amide bonds. The van der Waals surface area contributed by atoms with Crippen molar-refractivity contribution >= 4 is 0 Å². The van der Waals surface area contributed by atoms with E-state index < -0.39 is 0 Å². The molecule has 1 aromatic rings. The van der Waals surface area contributed by atoms with Gasteiger partial charge in [-0.15, -0.1) is 0 Å². The van der Waals surface area contributed by atoms with Gasteiger partial charge in [0.2, 0.25) is 0 Å². The second kappa shape index (κ2) is 7.28. The van der Waals surface area contributed by atoms with Crippen LogP contribution < -0.4 is 10.1 Å². The van der Waals surface area contributed by atoms with Gasteiger partial charge in [0.05, 0.1) is 11.7 Å². The summed E-state index contributed by atoms with van der Waals surface area (Å²) in [6.45, 7) is 11.1. The van der Waals surface area contributed by atoms with E-state index in [0.29, 0.717) is 6.61 Å². The van der Waals surface area contributed by atoms with Gasteiger partial charge in [-0.3, -0.25) is 0 Å². The summed E-state index contributed by atoms with van der Waals surface area (Å²) in [6.07, 6.45) is 3.56. The van der Waals surface area contributed by atoms with Crippen molar-refractivity contribution in [2.24, 2.45) is 0 Å². The molecule has 1 saturated heterocycles. The van der Waals surface area contributed by atoms with Crippen LogP contribution in [0.1, 0.15) is 51.2 Å². The molecule has 21 heavy (non-hydrogen) atoms. The average Bonchev–Trinajstić information content (AvgIpc) is 2.78. The van der Waals surface area contributed by atoms with Crippen LogP contribution in [0.25, 0.3) is 0 Å². The Balaban J connectivity index is 1.95. The summed E-state index contributed by atoms with van der Waals surface area (Å²) in [5, 5.41) is 3.45. The highest BCUT2D eigenvalue weighted by Gasteiger charge is 2.32. The van der Waals surface area contributed by atoms with Gasteiger partial charge in [0.1, 0.15) is 12.4 Å². The van der Waals surface area contributed by atoms with E-state index in [1.54, 1.807) is 0 Å². The zero-order chi connectivity index (χ0) is 15.3. The minimum atomic E-state index is 0.00523. The van der Waals surface area contributed by atoms with Crippen molar-refractivity contribution in [1.82, 2.24) is 5.32 Å². The molecule has 3 nitrogen and oxygen atoms in total. The maximum atomic E-state index is 6.11. The van der Waals surface area contributed by atoms with Gasteiger partial charge in [-0.25, -0.2) is 0 Å². The van der Waals surface area contributed by atoms with E-state index >= 15 is 0 Å². The summed E-state index contributed by atoms with van der Waals surface area (Å²) in [7, 11) is 0. The summed E-state index contributed by atoms with van der Waals surface area (Å²) in [5.41, 5.74) is 2.44. The normalized spacial score (nSPS) is 20.7. The molecule has 1 N–H and O–H groups in total. The van der Waals surface area contributed by atoms with E-state index in [1.807, 2.05) is 0 Å². The zero-order valence-corrected chi connectivity index (χ0v) is 13.9. The maximum absolute atomic E-state index is 6.11. The van der Waals surface area contributed by atoms with Gasteiger partial charge in [-0.2, -0.15) is 0 Å². The summed E-state index contributed by atoms with van der Waals surface area (Å²) >= 11 is 0. The Hall–Kier alpha value is -1.06. The lowest BCUT2D eigenvalue weighted by Crippen LogP contribution is -2.24. The lowest BCUT2D eigenvalue weighted by molar-refractivity contribution is -0.0328. The quantitative estimate of drug-likeness (QED) is 0.774. The standard InChI is InChI=1S/C18H29NO2/c1-5-11-19-12-15-8-6-7-14(2)17(15)20-13-16-9-10-18(3,4)21-16/h6-8,16,19H,5,9-13H2,1-4H3. The van der Waals surface area contributed by atoms with Crippen molar-refractivity contribution in [1.29, 1.82) is 0 Å². The Morgan fingerprint density at radius 2 is 2.19 bits per heavy atom. The minimum absolute atomic E-state index is 0.00523. The van der Waals surface area contributed by atoms with Crippen molar-refractivity contribution in [3.05, 3.63) is 29.3 Å². The van der Waals surface area contributed by atoms with Crippen LogP contribution in [0.3, 0.4) is 0 Å². The van der Waals surface area contributed by atoms with Crippen LogP contribution in [0.15, 0.2) is 18.2 Å². The highest BCUT2D eigenvalue weighted by Crippen LogP contribution is 2.30. The number of rotatable bonds is 7. The average molecular weight is 291 g/mol. The zero-order valence-electron chi connectivity index (χ0n) is 13.9. The van der Waals surface area contributed by atoms with Gasteiger partial charge in [-0.05, 0) is 52.1 Å². The number of para-hydroxylation sites is 1. The molecular weight excluding hydrogens is 262 g/mol. The van der Waals surface area contributed by atoms with Crippen LogP contribution in [-0.2, 0) is 11.3 Å². The Morgan fingerprint density at radius 1 is 1.38 bits per heavy atom. The molecule has 1 aromatic carbocycles. The van der Waals surface area contributed by atoms with E-state index in [9.17, 15) is 0 Å². The monoisotopic (exact) mass is 291 g/mol. The first-order valence-corrected chi connectivity index (χ1v) is 8.11. The predicted octanol–water partition coefficient (Wildman–Crippen LogP) is 3.83. The third kappa shape index (κ3) is 4.72. The topological polar surface area (TPSA) is 30.5 Å². The van der Waals surface area contributed by atoms with E-state index in [1.165, 1.54) is 11.1 Å². The van der Waals surface area contributed by atoms with Crippen LogP contribution in [0.2, 0.25) is 0 Å². The molecular formula is C18H29NO2. The number of aryl methyl sites for hydroxylation is 1. The van der Waals surface area contributed by atoms with Crippen LogP contribution in [-0.4, -0.2) is 24.9 Å². The summed E-state index contributed by atoms with van der Waals surface area (Å²) in [6, 6.07) is 6.35. The van der Waals surface area contributed by atoms with E-state index in [2.05, 4.69) is 51.2 Å². The van der Waals surface area contributed by atoms with E-state index in [4.69, 9.17) is 9.47 Å². The Bertz CT molecular complexity index is 457. The van der Waals surface area contributed by atoms with Crippen molar-refractivity contribution in [3.8, 4) is 5.75 Å². The molecule has 1 aliphatic heterocycles. The second-order valence-electron chi connectivity index (χ2n) is 6.59. The first-order chi connectivity index (χ1) is 10.0. The smallest absolute Gasteiger partial charge is 0.126 e. The highest BCUT2D eigenvalue weighted by atomic mass is 16.6. The van der Waals surface area contributed by atoms with Gasteiger partial charge in [0.25, 0.3) is 0 Å². The van der Waals surface area contributed by atoms with Gasteiger partial charge in [0, 0.05) is 12.1 Å². The Labute approximate surface area is 129 Å². The van der Waals surface area contributed by atoms with Crippen molar-refractivity contribution in [2.45, 2.75) is 65.2 Å². The third-order valence-corrected chi connectivity index (χ3v) is 4.00. The molecule has 0 spiro atoms. The van der Waals surface area contributed by atoms with Gasteiger partial charge >= 0.3 is 0 Å². The first-order valence-electron chi connectivity index (χ1n) is 8.11. The van der Waals surface area contributed by atoms with Crippen LogP contribution in [0.4, 0.5) is 0 Å². The molecule has 0 aliphatic carbocycles. The Morgan fingerprint density at radius 3 is 2.86 bits per heavy atom. The largest absolute Gasteiger partial charge is 0.490 e. The van der Waals surface area contributed by atoms with Gasteiger partial charge in [-0.1, -0.05) is 25.1 Å². The third-order valence-electron chi connectivity index (χ3n) is 4.00. The minimum Gasteiger partial charge on any atom is -0.490 e. The van der Waals surface area contributed by atoms with Gasteiger partial charge < -0.3 is 14.8 Å². The van der Waals surface area contributed by atoms with Crippen LogP contribution >= 0.6 is 0 Å². The molecule has 1 unspecified atom stereocenters. The number of ether oxygens (including phenoxy) is 2. The molecule has 0 radical (unpaired) electrons. The molecule has 0 aromatic heterocycles. The lowest BCUT2D eigenvalue weighted by atomic mass is 10.1. The molecule has 118 valence electrons. The van der Waals surface area contributed by atoms with Crippen molar-refractivity contribution < 1.29 is 9.47 Å².